The number of nitrogens with zero attached hydrogens (tertiary/aromatic N) is 1. The van der Waals surface area contributed by atoms with Gasteiger partial charge in [0, 0.05) is 13.1 Å². The third-order valence-corrected chi connectivity index (χ3v) is 3.85. The Balaban J connectivity index is 2.03. The Hall–Kier alpha value is -1.08. The summed E-state index contributed by atoms with van der Waals surface area (Å²) in [6.45, 7) is 5.42. The highest BCUT2D eigenvalue weighted by Crippen LogP contribution is 2.17. The van der Waals surface area contributed by atoms with Crippen LogP contribution in [-0.4, -0.2) is 43.3 Å². The molecule has 1 fully saturated rings. The molecule has 1 saturated heterocycles. The number of nitrogens with one attached hydrogen (secondary N) is 1. The molecule has 2 atom stereocenters. The highest BCUT2D eigenvalue weighted by Gasteiger charge is 2.28. The smallest absolute Gasteiger partial charge is 0.162 e. The molecule has 3 N–H and O–H groups in total. The van der Waals surface area contributed by atoms with Gasteiger partial charge in [0.1, 0.15) is 0 Å². The quantitative estimate of drug-likeness (QED) is 0.617. The van der Waals surface area contributed by atoms with E-state index in [1.807, 2.05) is 0 Å². The van der Waals surface area contributed by atoms with Crippen molar-refractivity contribution in [1.82, 2.24) is 10.3 Å². The normalized spacial score (nSPS) is 21.4. The number of nitrogens with two attached hydrogens (primary N) is 1. The zero-order valence-corrected chi connectivity index (χ0v) is 12.3. The summed E-state index contributed by atoms with van der Waals surface area (Å²) in [4.78, 5) is 2.31. The molecular weight excluding hydrogens is 276 g/mol. The minimum absolute atomic E-state index is 0.127. The van der Waals surface area contributed by atoms with Crippen molar-refractivity contribution in [2.75, 3.05) is 26.2 Å². The van der Waals surface area contributed by atoms with E-state index in [9.17, 15) is 8.78 Å². The first-order chi connectivity index (χ1) is 10.2. The van der Waals surface area contributed by atoms with Crippen molar-refractivity contribution in [3.05, 3.63) is 35.4 Å². The number of halogens is 2. The molecule has 0 aromatic heterocycles. The Morgan fingerprint density at radius 1 is 1.48 bits per heavy atom. The number of ether oxygens (including phenoxy) is 1. The van der Waals surface area contributed by atoms with E-state index in [4.69, 9.17) is 10.6 Å². The molecule has 1 aromatic rings. The maximum Gasteiger partial charge on any atom is 0.162 e. The van der Waals surface area contributed by atoms with Crippen LogP contribution in [0, 0.1) is 11.6 Å². The van der Waals surface area contributed by atoms with Crippen molar-refractivity contribution in [2.45, 2.75) is 31.9 Å². The fourth-order valence-electron chi connectivity index (χ4n) is 2.74. The molecule has 1 heterocycles. The van der Waals surface area contributed by atoms with Crippen molar-refractivity contribution in [3.63, 3.8) is 0 Å². The van der Waals surface area contributed by atoms with Crippen LogP contribution in [0.25, 0.3) is 0 Å². The maximum atomic E-state index is 13.8. The third kappa shape index (κ3) is 4.20. The summed E-state index contributed by atoms with van der Waals surface area (Å²) >= 11 is 0. The molecule has 1 aliphatic heterocycles. The summed E-state index contributed by atoms with van der Waals surface area (Å²) in [6.07, 6.45) is 1.24. The summed E-state index contributed by atoms with van der Waals surface area (Å²) in [5.41, 5.74) is 3.00. The lowest BCUT2D eigenvalue weighted by Crippen LogP contribution is -2.55. The van der Waals surface area contributed by atoms with Gasteiger partial charge >= 0.3 is 0 Å². The van der Waals surface area contributed by atoms with E-state index < -0.39 is 11.6 Å². The van der Waals surface area contributed by atoms with Crippen LogP contribution in [0.1, 0.15) is 18.9 Å². The summed E-state index contributed by atoms with van der Waals surface area (Å²) in [6, 6.07) is 3.95. The van der Waals surface area contributed by atoms with Crippen LogP contribution < -0.4 is 11.3 Å². The Labute approximate surface area is 124 Å². The van der Waals surface area contributed by atoms with Crippen LogP contribution in [-0.2, 0) is 11.2 Å². The van der Waals surface area contributed by atoms with Crippen molar-refractivity contribution < 1.29 is 13.5 Å². The average molecular weight is 299 g/mol. The number of morpholine rings is 1. The first-order valence-corrected chi connectivity index (χ1v) is 7.38. The fraction of sp³-hybridized carbons (Fsp3) is 0.600. The van der Waals surface area contributed by atoms with Crippen molar-refractivity contribution in [3.8, 4) is 0 Å². The molecule has 118 valence electrons. The number of hydrogen-bond donors (Lipinski definition) is 2. The van der Waals surface area contributed by atoms with E-state index in [0.29, 0.717) is 18.6 Å². The number of hydrogen-bond acceptors (Lipinski definition) is 4. The minimum Gasteiger partial charge on any atom is -0.374 e. The second-order valence-corrected chi connectivity index (χ2v) is 5.40. The molecule has 1 aromatic carbocycles. The number of rotatable bonds is 6. The van der Waals surface area contributed by atoms with Gasteiger partial charge in [0.2, 0.25) is 0 Å². The standard InChI is InChI=1S/C15H23F2N3O/c1-2-6-20-7-8-21-14(10-20)13(19-18)9-11-4-3-5-12(16)15(11)17/h3-5,13-14,19H,2,6-10,18H2,1H3. The lowest BCUT2D eigenvalue weighted by molar-refractivity contribution is -0.0463. The number of hydrazine groups is 1. The van der Waals surface area contributed by atoms with Crippen LogP contribution in [0.15, 0.2) is 18.2 Å². The van der Waals surface area contributed by atoms with Gasteiger partial charge in [-0.3, -0.25) is 16.2 Å². The van der Waals surface area contributed by atoms with Gasteiger partial charge in [-0.15, -0.1) is 0 Å². The molecule has 0 aliphatic carbocycles. The maximum absolute atomic E-state index is 13.8. The zero-order chi connectivity index (χ0) is 15.2. The predicted octanol–water partition coefficient (Wildman–Crippen LogP) is 1.45. The monoisotopic (exact) mass is 299 g/mol. The molecular formula is C15H23F2N3O. The second-order valence-electron chi connectivity index (χ2n) is 5.40. The zero-order valence-electron chi connectivity index (χ0n) is 12.3. The summed E-state index contributed by atoms with van der Waals surface area (Å²) in [7, 11) is 0. The predicted molar refractivity (Wildman–Crippen MR) is 77.6 cm³/mol. The average Bonchev–Trinajstić information content (AvgIpc) is 2.49. The largest absolute Gasteiger partial charge is 0.374 e. The highest BCUT2D eigenvalue weighted by atomic mass is 19.2. The molecule has 2 unspecified atom stereocenters. The van der Waals surface area contributed by atoms with Gasteiger partial charge in [-0.2, -0.15) is 0 Å². The Kier molecular flexibility index (Phi) is 6.05. The van der Waals surface area contributed by atoms with E-state index in [0.717, 1.165) is 32.1 Å². The second kappa shape index (κ2) is 7.79. The van der Waals surface area contributed by atoms with Crippen LogP contribution >= 0.6 is 0 Å². The minimum atomic E-state index is -0.833. The van der Waals surface area contributed by atoms with Crippen molar-refractivity contribution >= 4 is 0 Å². The van der Waals surface area contributed by atoms with E-state index in [2.05, 4.69) is 17.2 Å². The first kappa shape index (κ1) is 16.3. The van der Waals surface area contributed by atoms with E-state index in [1.165, 1.54) is 6.07 Å². The molecule has 1 aliphatic rings. The number of benzene rings is 1. The molecule has 0 bridgehead atoms. The van der Waals surface area contributed by atoms with Gasteiger partial charge in [-0.1, -0.05) is 19.1 Å². The SMILES string of the molecule is CCCN1CCOC(C(Cc2cccc(F)c2F)NN)C1. The summed E-state index contributed by atoms with van der Waals surface area (Å²) < 4.78 is 32.8. The molecule has 0 saturated carbocycles. The Morgan fingerprint density at radius 2 is 2.29 bits per heavy atom. The highest BCUT2D eigenvalue weighted by molar-refractivity contribution is 5.20. The summed E-state index contributed by atoms with van der Waals surface area (Å²) in [5.74, 6) is 3.95. The molecule has 0 radical (unpaired) electrons. The van der Waals surface area contributed by atoms with Crippen molar-refractivity contribution in [2.24, 2.45) is 5.84 Å². The topological polar surface area (TPSA) is 50.5 Å². The third-order valence-electron chi connectivity index (χ3n) is 3.85. The lowest BCUT2D eigenvalue weighted by atomic mass is 10.00. The van der Waals surface area contributed by atoms with Crippen molar-refractivity contribution in [1.29, 1.82) is 0 Å². The van der Waals surface area contributed by atoms with Gasteiger partial charge in [-0.05, 0) is 31.0 Å². The molecule has 0 amide bonds. The summed E-state index contributed by atoms with van der Waals surface area (Å²) in [5, 5.41) is 0. The van der Waals surface area contributed by atoms with Crippen LogP contribution in [0.2, 0.25) is 0 Å². The van der Waals surface area contributed by atoms with Crippen LogP contribution in [0.3, 0.4) is 0 Å². The van der Waals surface area contributed by atoms with E-state index >= 15 is 0 Å². The molecule has 2 rings (SSSR count). The van der Waals surface area contributed by atoms with Gasteiger partial charge in [0.05, 0.1) is 18.8 Å². The van der Waals surface area contributed by atoms with Crippen LogP contribution in [0.4, 0.5) is 8.78 Å². The van der Waals surface area contributed by atoms with Gasteiger partial charge in [-0.25, -0.2) is 8.78 Å². The van der Waals surface area contributed by atoms with E-state index in [1.54, 1.807) is 6.07 Å². The molecule has 6 heteroatoms. The van der Waals surface area contributed by atoms with Gasteiger partial charge in [0.15, 0.2) is 11.6 Å². The molecule has 21 heavy (non-hydrogen) atoms. The van der Waals surface area contributed by atoms with E-state index in [-0.39, 0.29) is 12.1 Å². The molecule has 4 nitrogen and oxygen atoms in total. The Bertz CT molecular complexity index is 457. The van der Waals surface area contributed by atoms with Crippen LogP contribution in [0.5, 0.6) is 0 Å². The lowest BCUT2D eigenvalue weighted by Gasteiger charge is -2.36. The Morgan fingerprint density at radius 3 is 3.00 bits per heavy atom. The van der Waals surface area contributed by atoms with Gasteiger partial charge < -0.3 is 4.74 Å². The molecule has 0 spiro atoms. The van der Waals surface area contributed by atoms with Gasteiger partial charge in [0.25, 0.3) is 0 Å². The first-order valence-electron chi connectivity index (χ1n) is 7.38. The fourth-order valence-corrected chi connectivity index (χ4v) is 2.74.